The molecular formula is C18H22N3O2+. The van der Waals surface area contributed by atoms with E-state index in [0.717, 1.165) is 0 Å². The molecule has 5 heteroatoms. The lowest BCUT2D eigenvalue weighted by Crippen LogP contribution is -2.86. The number of quaternary nitrogens is 1. The Kier molecular flexibility index (Phi) is 5.88. The number of anilines is 1. The fourth-order valence-electron chi connectivity index (χ4n) is 2.27. The summed E-state index contributed by atoms with van der Waals surface area (Å²) in [5, 5.41) is 7.36. The van der Waals surface area contributed by atoms with Gasteiger partial charge in [0.25, 0.3) is 11.8 Å². The number of carbonyl (C=O) groups is 2. The van der Waals surface area contributed by atoms with Crippen molar-refractivity contribution in [1.29, 1.82) is 0 Å². The molecule has 2 rings (SSSR count). The first-order valence-electron chi connectivity index (χ1n) is 7.60. The van der Waals surface area contributed by atoms with Crippen LogP contribution in [0.15, 0.2) is 54.6 Å². The Labute approximate surface area is 136 Å². The molecule has 0 aromatic heterocycles. The number of hydrogen-bond donors (Lipinski definition) is 3. The van der Waals surface area contributed by atoms with Gasteiger partial charge in [-0.05, 0) is 25.1 Å². The van der Waals surface area contributed by atoms with E-state index >= 15 is 0 Å². The molecule has 0 unspecified atom stereocenters. The molecule has 23 heavy (non-hydrogen) atoms. The number of amides is 2. The fourth-order valence-corrected chi connectivity index (χ4v) is 2.27. The maximum atomic E-state index is 12.1. The van der Waals surface area contributed by atoms with Gasteiger partial charge in [-0.25, -0.2) is 0 Å². The third-order valence-corrected chi connectivity index (χ3v) is 3.62. The quantitative estimate of drug-likeness (QED) is 0.752. The molecule has 0 saturated heterocycles. The van der Waals surface area contributed by atoms with Crippen LogP contribution >= 0.6 is 0 Å². The minimum atomic E-state index is -0.176. The number of nitrogens with two attached hydrogens (primary N) is 1. The molecule has 0 spiro atoms. The van der Waals surface area contributed by atoms with Crippen molar-refractivity contribution in [2.24, 2.45) is 0 Å². The Morgan fingerprint density at radius 2 is 1.83 bits per heavy atom. The lowest BCUT2D eigenvalue weighted by molar-refractivity contribution is -0.682. The number of hydrogen-bond acceptors (Lipinski definition) is 2. The molecule has 0 aliphatic rings. The van der Waals surface area contributed by atoms with Crippen molar-refractivity contribution in [2.45, 2.75) is 13.0 Å². The second kappa shape index (κ2) is 8.10. The molecule has 2 amide bonds. The molecule has 5 nitrogen and oxygen atoms in total. The molecule has 0 radical (unpaired) electrons. The largest absolute Gasteiger partial charge is 0.355 e. The van der Waals surface area contributed by atoms with E-state index in [0.29, 0.717) is 17.8 Å². The highest BCUT2D eigenvalue weighted by atomic mass is 16.2. The van der Waals surface area contributed by atoms with Crippen molar-refractivity contribution in [2.75, 3.05) is 18.9 Å². The monoisotopic (exact) mass is 312 g/mol. The van der Waals surface area contributed by atoms with Crippen LogP contribution in [-0.4, -0.2) is 25.4 Å². The van der Waals surface area contributed by atoms with Gasteiger partial charge in [0.15, 0.2) is 6.54 Å². The summed E-state index contributed by atoms with van der Waals surface area (Å²) in [6.45, 7) is 2.38. The maximum absolute atomic E-state index is 12.1. The minimum absolute atomic E-state index is 0.0955. The molecule has 0 aliphatic heterocycles. The van der Waals surface area contributed by atoms with Gasteiger partial charge in [-0.3, -0.25) is 9.59 Å². The average molecular weight is 312 g/mol. The summed E-state index contributed by atoms with van der Waals surface area (Å²) in [4.78, 5) is 23.6. The molecule has 1 atom stereocenters. The maximum Gasteiger partial charge on any atom is 0.279 e. The summed E-state index contributed by atoms with van der Waals surface area (Å²) in [7, 11) is 1.58. The van der Waals surface area contributed by atoms with Crippen LogP contribution < -0.4 is 16.0 Å². The van der Waals surface area contributed by atoms with E-state index in [-0.39, 0.29) is 17.9 Å². The standard InChI is InChI=1S/C18H21N3O2/c1-13(14-7-4-3-5-8-14)20-12-17(22)21-16-10-6-9-15(11-16)18(23)19-2/h3-11,13,20H,12H2,1-2H3,(H,19,23)(H,21,22)/p+1/t13-/m0/s1. The lowest BCUT2D eigenvalue weighted by Gasteiger charge is -2.11. The normalized spacial score (nSPS) is 11.6. The summed E-state index contributed by atoms with van der Waals surface area (Å²) >= 11 is 0. The van der Waals surface area contributed by atoms with Gasteiger partial charge in [0, 0.05) is 23.9 Å². The van der Waals surface area contributed by atoms with Gasteiger partial charge >= 0.3 is 0 Å². The third kappa shape index (κ3) is 4.93. The minimum Gasteiger partial charge on any atom is -0.355 e. The van der Waals surface area contributed by atoms with E-state index in [9.17, 15) is 9.59 Å². The fraction of sp³-hybridized carbons (Fsp3) is 0.222. The smallest absolute Gasteiger partial charge is 0.279 e. The SMILES string of the molecule is CNC(=O)c1cccc(NC(=O)C[NH2+][C@@H](C)c2ccccc2)c1. The van der Waals surface area contributed by atoms with E-state index < -0.39 is 0 Å². The lowest BCUT2D eigenvalue weighted by atomic mass is 10.1. The van der Waals surface area contributed by atoms with Gasteiger partial charge < -0.3 is 16.0 Å². The zero-order valence-corrected chi connectivity index (χ0v) is 13.4. The predicted octanol–water partition coefficient (Wildman–Crippen LogP) is 1.31. The highest BCUT2D eigenvalue weighted by Crippen LogP contribution is 2.10. The predicted molar refractivity (Wildman–Crippen MR) is 90.1 cm³/mol. The molecule has 0 aliphatic carbocycles. The summed E-state index contributed by atoms with van der Waals surface area (Å²) in [6, 6.07) is 17.1. The van der Waals surface area contributed by atoms with Crippen molar-refractivity contribution in [3.05, 3.63) is 65.7 Å². The van der Waals surface area contributed by atoms with E-state index in [1.165, 1.54) is 5.56 Å². The summed E-state index contributed by atoms with van der Waals surface area (Å²) in [5.41, 5.74) is 2.32. The van der Waals surface area contributed by atoms with Crippen molar-refractivity contribution in [1.82, 2.24) is 5.32 Å². The number of benzene rings is 2. The van der Waals surface area contributed by atoms with Crippen molar-refractivity contribution in [3.8, 4) is 0 Å². The van der Waals surface area contributed by atoms with E-state index in [2.05, 4.69) is 17.6 Å². The zero-order chi connectivity index (χ0) is 16.7. The Hall–Kier alpha value is -2.66. The summed E-state index contributed by atoms with van der Waals surface area (Å²) in [6.07, 6.45) is 0. The van der Waals surface area contributed by atoms with Crippen LogP contribution in [0.4, 0.5) is 5.69 Å². The van der Waals surface area contributed by atoms with Gasteiger partial charge in [0.2, 0.25) is 0 Å². The molecule has 0 bridgehead atoms. The van der Waals surface area contributed by atoms with Crippen LogP contribution in [0.1, 0.15) is 28.9 Å². The first-order chi connectivity index (χ1) is 11.1. The van der Waals surface area contributed by atoms with Crippen LogP contribution in [0, 0.1) is 0 Å². The van der Waals surface area contributed by atoms with E-state index in [1.54, 1.807) is 31.3 Å². The highest BCUT2D eigenvalue weighted by Gasteiger charge is 2.12. The highest BCUT2D eigenvalue weighted by molar-refractivity contribution is 5.97. The van der Waals surface area contributed by atoms with Gasteiger partial charge in [-0.1, -0.05) is 36.4 Å². The van der Waals surface area contributed by atoms with Crippen LogP contribution in [-0.2, 0) is 4.79 Å². The summed E-state index contributed by atoms with van der Waals surface area (Å²) < 4.78 is 0. The molecule has 120 valence electrons. The van der Waals surface area contributed by atoms with Crippen molar-refractivity contribution >= 4 is 17.5 Å². The van der Waals surface area contributed by atoms with Gasteiger partial charge in [-0.15, -0.1) is 0 Å². The Balaban J connectivity index is 1.89. The van der Waals surface area contributed by atoms with E-state index in [4.69, 9.17) is 0 Å². The molecule has 2 aromatic carbocycles. The van der Waals surface area contributed by atoms with Crippen LogP contribution in [0.3, 0.4) is 0 Å². The van der Waals surface area contributed by atoms with Gasteiger partial charge in [-0.2, -0.15) is 0 Å². The first-order valence-corrected chi connectivity index (χ1v) is 7.60. The first kappa shape index (κ1) is 16.7. The van der Waals surface area contributed by atoms with Gasteiger partial charge in [0.05, 0.1) is 0 Å². The molecule has 0 heterocycles. The van der Waals surface area contributed by atoms with Crippen LogP contribution in [0.5, 0.6) is 0 Å². The number of rotatable bonds is 6. The summed E-state index contributed by atoms with van der Waals surface area (Å²) in [5.74, 6) is -0.271. The Morgan fingerprint density at radius 1 is 1.09 bits per heavy atom. The van der Waals surface area contributed by atoms with Gasteiger partial charge in [0.1, 0.15) is 6.04 Å². The number of carbonyl (C=O) groups excluding carboxylic acids is 2. The van der Waals surface area contributed by atoms with Crippen LogP contribution in [0.25, 0.3) is 0 Å². The average Bonchev–Trinajstić information content (AvgIpc) is 2.60. The van der Waals surface area contributed by atoms with Crippen molar-refractivity contribution in [3.63, 3.8) is 0 Å². The second-order valence-electron chi connectivity index (χ2n) is 5.35. The topological polar surface area (TPSA) is 74.8 Å². The van der Waals surface area contributed by atoms with E-state index in [1.807, 2.05) is 35.6 Å². The van der Waals surface area contributed by atoms with Crippen molar-refractivity contribution < 1.29 is 14.9 Å². The second-order valence-corrected chi connectivity index (χ2v) is 5.35. The Bertz CT molecular complexity index is 671. The molecule has 0 fully saturated rings. The van der Waals surface area contributed by atoms with Crippen LogP contribution in [0.2, 0.25) is 0 Å². The number of nitrogens with one attached hydrogen (secondary N) is 2. The third-order valence-electron chi connectivity index (χ3n) is 3.62. The Morgan fingerprint density at radius 3 is 2.52 bits per heavy atom. The molecule has 4 N–H and O–H groups in total. The molecule has 0 saturated carbocycles. The molecular weight excluding hydrogens is 290 g/mol. The zero-order valence-electron chi connectivity index (χ0n) is 13.4. The molecule has 2 aromatic rings.